The number of rotatable bonds is 7. The first-order valence-electron chi connectivity index (χ1n) is 5.48. The van der Waals surface area contributed by atoms with Crippen molar-refractivity contribution in [3.63, 3.8) is 0 Å². The van der Waals surface area contributed by atoms with Crippen LogP contribution in [0.25, 0.3) is 0 Å². The second kappa shape index (κ2) is 6.99. The van der Waals surface area contributed by atoms with Crippen molar-refractivity contribution in [1.29, 1.82) is 0 Å². The molecular weight excluding hydrogens is 206 g/mol. The van der Waals surface area contributed by atoms with Crippen molar-refractivity contribution in [3.05, 3.63) is 22.4 Å². The SMILES string of the molecule is COCCC(C)NC(C)Cc1ccsc1. The number of hydrogen-bond acceptors (Lipinski definition) is 3. The van der Waals surface area contributed by atoms with Crippen LogP contribution in [0, 0.1) is 0 Å². The first-order valence-corrected chi connectivity index (χ1v) is 6.42. The topological polar surface area (TPSA) is 21.3 Å². The van der Waals surface area contributed by atoms with Crippen LogP contribution in [0.4, 0.5) is 0 Å². The third-order valence-corrected chi connectivity index (χ3v) is 3.18. The summed E-state index contributed by atoms with van der Waals surface area (Å²) in [5.74, 6) is 0. The van der Waals surface area contributed by atoms with Crippen molar-refractivity contribution in [1.82, 2.24) is 5.32 Å². The van der Waals surface area contributed by atoms with Gasteiger partial charge in [-0.25, -0.2) is 0 Å². The van der Waals surface area contributed by atoms with E-state index in [1.54, 1.807) is 18.4 Å². The molecule has 2 unspecified atom stereocenters. The number of methoxy groups -OCH3 is 1. The van der Waals surface area contributed by atoms with Crippen LogP contribution in [-0.2, 0) is 11.2 Å². The lowest BCUT2D eigenvalue weighted by Gasteiger charge is -2.19. The first kappa shape index (κ1) is 12.7. The summed E-state index contributed by atoms with van der Waals surface area (Å²) in [5.41, 5.74) is 1.43. The van der Waals surface area contributed by atoms with Crippen LogP contribution in [0.2, 0.25) is 0 Å². The van der Waals surface area contributed by atoms with Gasteiger partial charge in [0.2, 0.25) is 0 Å². The van der Waals surface area contributed by atoms with Crippen LogP contribution in [0.5, 0.6) is 0 Å². The Bertz CT molecular complexity index is 248. The highest BCUT2D eigenvalue weighted by atomic mass is 32.1. The van der Waals surface area contributed by atoms with Crippen molar-refractivity contribution in [2.24, 2.45) is 0 Å². The smallest absolute Gasteiger partial charge is 0.0476 e. The van der Waals surface area contributed by atoms with Crippen LogP contribution in [-0.4, -0.2) is 25.8 Å². The van der Waals surface area contributed by atoms with Gasteiger partial charge in [-0.15, -0.1) is 0 Å². The van der Waals surface area contributed by atoms with Crippen molar-refractivity contribution in [2.75, 3.05) is 13.7 Å². The van der Waals surface area contributed by atoms with Gasteiger partial charge in [-0.05, 0) is 49.1 Å². The van der Waals surface area contributed by atoms with Gasteiger partial charge >= 0.3 is 0 Å². The van der Waals surface area contributed by atoms with Crippen LogP contribution < -0.4 is 5.32 Å². The first-order chi connectivity index (χ1) is 7.22. The zero-order valence-corrected chi connectivity index (χ0v) is 10.6. The monoisotopic (exact) mass is 227 g/mol. The Kier molecular flexibility index (Phi) is 5.91. The van der Waals surface area contributed by atoms with E-state index in [0.717, 1.165) is 19.4 Å². The van der Waals surface area contributed by atoms with Crippen molar-refractivity contribution in [2.45, 2.75) is 38.8 Å². The maximum absolute atomic E-state index is 5.06. The molecule has 0 bridgehead atoms. The molecule has 1 N–H and O–H groups in total. The fraction of sp³-hybridized carbons (Fsp3) is 0.667. The van der Waals surface area contributed by atoms with E-state index in [9.17, 15) is 0 Å². The fourth-order valence-electron chi connectivity index (χ4n) is 1.68. The minimum atomic E-state index is 0.526. The second-order valence-corrected chi connectivity index (χ2v) is 4.87. The van der Waals surface area contributed by atoms with Gasteiger partial charge in [0, 0.05) is 25.8 Å². The third kappa shape index (κ3) is 5.30. The Morgan fingerprint density at radius 1 is 1.40 bits per heavy atom. The summed E-state index contributed by atoms with van der Waals surface area (Å²) in [6.07, 6.45) is 2.19. The Labute approximate surface area is 96.7 Å². The van der Waals surface area contributed by atoms with Gasteiger partial charge in [0.15, 0.2) is 0 Å². The molecule has 0 aromatic carbocycles. The standard InChI is InChI=1S/C12H21NOS/c1-10(4-6-14-3)13-11(2)8-12-5-7-15-9-12/h5,7,9-11,13H,4,6,8H2,1-3H3. The van der Waals surface area contributed by atoms with E-state index in [2.05, 4.69) is 36.0 Å². The van der Waals surface area contributed by atoms with Gasteiger partial charge in [-0.1, -0.05) is 0 Å². The molecule has 0 aliphatic heterocycles. The molecule has 3 heteroatoms. The average Bonchev–Trinajstić information content (AvgIpc) is 2.67. The van der Waals surface area contributed by atoms with E-state index in [0.29, 0.717) is 12.1 Å². The van der Waals surface area contributed by atoms with Crippen molar-refractivity contribution in [3.8, 4) is 0 Å². The second-order valence-electron chi connectivity index (χ2n) is 4.09. The van der Waals surface area contributed by atoms with E-state index in [-0.39, 0.29) is 0 Å². The highest BCUT2D eigenvalue weighted by molar-refractivity contribution is 7.07. The number of ether oxygens (including phenoxy) is 1. The predicted octanol–water partition coefficient (Wildman–Crippen LogP) is 2.69. The van der Waals surface area contributed by atoms with Gasteiger partial charge in [0.1, 0.15) is 0 Å². The third-order valence-electron chi connectivity index (χ3n) is 2.45. The van der Waals surface area contributed by atoms with Gasteiger partial charge in [-0.3, -0.25) is 0 Å². The van der Waals surface area contributed by atoms with Crippen LogP contribution in [0.3, 0.4) is 0 Å². The molecular formula is C12H21NOS. The quantitative estimate of drug-likeness (QED) is 0.773. The van der Waals surface area contributed by atoms with Crippen LogP contribution in [0.1, 0.15) is 25.8 Å². The molecule has 1 heterocycles. The van der Waals surface area contributed by atoms with E-state index >= 15 is 0 Å². The normalized spacial score (nSPS) is 15.1. The minimum absolute atomic E-state index is 0.526. The largest absolute Gasteiger partial charge is 0.385 e. The Morgan fingerprint density at radius 2 is 2.20 bits per heavy atom. The molecule has 0 radical (unpaired) electrons. The van der Waals surface area contributed by atoms with Gasteiger partial charge in [-0.2, -0.15) is 11.3 Å². The fourth-order valence-corrected chi connectivity index (χ4v) is 2.37. The molecule has 15 heavy (non-hydrogen) atoms. The van der Waals surface area contributed by atoms with Gasteiger partial charge in [0.25, 0.3) is 0 Å². The molecule has 0 saturated heterocycles. The lowest BCUT2D eigenvalue weighted by Crippen LogP contribution is -2.36. The van der Waals surface area contributed by atoms with Crippen molar-refractivity contribution < 1.29 is 4.74 Å². The van der Waals surface area contributed by atoms with Crippen LogP contribution in [0.15, 0.2) is 16.8 Å². The zero-order valence-electron chi connectivity index (χ0n) is 9.82. The number of thiophene rings is 1. The molecule has 86 valence electrons. The molecule has 0 amide bonds. The van der Waals surface area contributed by atoms with Crippen molar-refractivity contribution >= 4 is 11.3 Å². The van der Waals surface area contributed by atoms with Crippen LogP contribution >= 0.6 is 11.3 Å². The summed E-state index contributed by atoms with van der Waals surface area (Å²) in [5, 5.41) is 7.93. The lowest BCUT2D eigenvalue weighted by atomic mass is 10.1. The zero-order chi connectivity index (χ0) is 11.1. The Morgan fingerprint density at radius 3 is 2.80 bits per heavy atom. The molecule has 0 aliphatic rings. The molecule has 0 aliphatic carbocycles. The maximum Gasteiger partial charge on any atom is 0.0476 e. The summed E-state index contributed by atoms with van der Waals surface area (Å²) in [4.78, 5) is 0. The summed E-state index contributed by atoms with van der Waals surface area (Å²) >= 11 is 1.77. The molecule has 1 aromatic heterocycles. The maximum atomic E-state index is 5.06. The van der Waals surface area contributed by atoms with Gasteiger partial charge < -0.3 is 10.1 Å². The lowest BCUT2D eigenvalue weighted by molar-refractivity contribution is 0.183. The van der Waals surface area contributed by atoms with E-state index < -0.39 is 0 Å². The summed E-state index contributed by atoms with van der Waals surface area (Å²) in [7, 11) is 1.75. The minimum Gasteiger partial charge on any atom is -0.385 e. The molecule has 1 rings (SSSR count). The molecule has 0 spiro atoms. The van der Waals surface area contributed by atoms with Gasteiger partial charge in [0.05, 0.1) is 0 Å². The number of nitrogens with one attached hydrogen (secondary N) is 1. The molecule has 1 aromatic rings. The number of hydrogen-bond donors (Lipinski definition) is 1. The van der Waals surface area contributed by atoms with E-state index in [1.165, 1.54) is 5.56 Å². The average molecular weight is 227 g/mol. The van der Waals surface area contributed by atoms with E-state index in [4.69, 9.17) is 4.74 Å². The molecule has 0 fully saturated rings. The molecule has 2 atom stereocenters. The predicted molar refractivity (Wildman–Crippen MR) is 66.6 cm³/mol. The summed E-state index contributed by atoms with van der Waals surface area (Å²) < 4.78 is 5.06. The Balaban J connectivity index is 2.20. The highest BCUT2D eigenvalue weighted by Crippen LogP contribution is 2.09. The molecule has 2 nitrogen and oxygen atoms in total. The Hall–Kier alpha value is -0.380. The summed E-state index contributed by atoms with van der Waals surface area (Å²) in [6.45, 7) is 5.28. The summed E-state index contributed by atoms with van der Waals surface area (Å²) in [6, 6.07) is 3.26. The van der Waals surface area contributed by atoms with E-state index in [1.807, 2.05) is 0 Å². The highest BCUT2D eigenvalue weighted by Gasteiger charge is 2.07. The molecule has 0 saturated carbocycles.